The van der Waals surface area contributed by atoms with E-state index in [0.717, 1.165) is 30.5 Å². The Morgan fingerprint density at radius 2 is 1.92 bits per heavy atom. The summed E-state index contributed by atoms with van der Waals surface area (Å²) in [6.45, 7) is 6.54. The van der Waals surface area contributed by atoms with E-state index in [-0.39, 0.29) is 5.91 Å². The molecular formula is C18H28N3O4+. The summed E-state index contributed by atoms with van der Waals surface area (Å²) >= 11 is 0. The summed E-state index contributed by atoms with van der Waals surface area (Å²) in [5, 5.41) is 2.89. The maximum atomic E-state index is 12.6. The summed E-state index contributed by atoms with van der Waals surface area (Å²) in [6.07, 6.45) is 0.536. The lowest BCUT2D eigenvalue weighted by Gasteiger charge is -2.40. The maximum absolute atomic E-state index is 12.6. The van der Waals surface area contributed by atoms with Gasteiger partial charge in [0.15, 0.2) is 12.3 Å². The highest BCUT2D eigenvalue weighted by Crippen LogP contribution is 2.24. The van der Waals surface area contributed by atoms with E-state index >= 15 is 0 Å². The molecule has 0 spiro atoms. The number of rotatable bonds is 6. The first-order valence-corrected chi connectivity index (χ1v) is 8.66. The van der Waals surface area contributed by atoms with Crippen LogP contribution in [0.2, 0.25) is 0 Å². The number of ether oxygens (including phenoxy) is 2. The fourth-order valence-electron chi connectivity index (χ4n) is 3.00. The van der Waals surface area contributed by atoms with Crippen LogP contribution in [0.3, 0.4) is 0 Å². The standard InChI is InChI=1S/C18H27N3O4/c1-4-9-21(10-12-24-13-11-21)14-17(22)19-15-7-5-6-8-16(15)25-18(23)20(2)3/h5-8H,4,9-14H2,1-3H3/p+1. The number of quaternary nitrogens is 1. The minimum atomic E-state index is -0.482. The molecule has 1 aliphatic heterocycles. The van der Waals surface area contributed by atoms with Gasteiger partial charge < -0.3 is 24.2 Å². The third-order valence-corrected chi connectivity index (χ3v) is 4.32. The van der Waals surface area contributed by atoms with Crippen molar-refractivity contribution in [2.75, 3.05) is 58.8 Å². The predicted octanol–water partition coefficient (Wildman–Crippen LogP) is 1.94. The normalized spacial score (nSPS) is 16.1. The molecule has 1 aliphatic rings. The van der Waals surface area contributed by atoms with Crippen molar-refractivity contribution in [2.24, 2.45) is 0 Å². The summed E-state index contributed by atoms with van der Waals surface area (Å²) in [5.74, 6) is 0.266. The van der Waals surface area contributed by atoms with Crippen LogP contribution >= 0.6 is 0 Å². The zero-order valence-corrected chi connectivity index (χ0v) is 15.3. The van der Waals surface area contributed by atoms with Crippen molar-refractivity contribution in [3.05, 3.63) is 24.3 Å². The lowest BCUT2D eigenvalue weighted by atomic mass is 10.2. The van der Waals surface area contributed by atoms with Crippen LogP contribution in [0.15, 0.2) is 24.3 Å². The quantitative estimate of drug-likeness (QED) is 0.796. The molecule has 1 N–H and O–H groups in total. The van der Waals surface area contributed by atoms with Gasteiger partial charge in [0.05, 0.1) is 25.4 Å². The van der Waals surface area contributed by atoms with Crippen LogP contribution in [0.25, 0.3) is 0 Å². The highest BCUT2D eigenvalue weighted by Gasteiger charge is 2.32. The third kappa shape index (κ3) is 5.44. The summed E-state index contributed by atoms with van der Waals surface area (Å²) in [5.41, 5.74) is 0.505. The fourth-order valence-corrected chi connectivity index (χ4v) is 3.00. The first-order valence-electron chi connectivity index (χ1n) is 8.66. The molecule has 0 aromatic heterocycles. The number of morpholine rings is 1. The van der Waals surface area contributed by atoms with Crippen molar-refractivity contribution < 1.29 is 23.5 Å². The molecule has 1 saturated heterocycles. The zero-order chi connectivity index (χ0) is 18.3. The van der Waals surface area contributed by atoms with Gasteiger partial charge in [-0.15, -0.1) is 0 Å². The molecule has 0 radical (unpaired) electrons. The van der Waals surface area contributed by atoms with Gasteiger partial charge in [-0.05, 0) is 18.6 Å². The summed E-state index contributed by atoms with van der Waals surface area (Å²) in [4.78, 5) is 25.7. The topological polar surface area (TPSA) is 67.9 Å². The Morgan fingerprint density at radius 3 is 2.56 bits per heavy atom. The van der Waals surface area contributed by atoms with Gasteiger partial charge in [0.25, 0.3) is 5.91 Å². The Labute approximate surface area is 149 Å². The molecule has 0 saturated carbocycles. The minimum absolute atomic E-state index is 0.0799. The smallest absolute Gasteiger partial charge is 0.408 e. The molecule has 0 bridgehead atoms. The number of carbonyl (C=O) groups is 2. The molecule has 1 fully saturated rings. The molecule has 2 rings (SSSR count). The van der Waals surface area contributed by atoms with Crippen LogP contribution in [-0.4, -0.2) is 74.9 Å². The summed E-state index contributed by atoms with van der Waals surface area (Å²) in [7, 11) is 3.22. The Bertz CT molecular complexity index is 592. The third-order valence-electron chi connectivity index (χ3n) is 4.32. The Hall–Kier alpha value is -2.12. The van der Waals surface area contributed by atoms with E-state index in [2.05, 4.69) is 12.2 Å². The van der Waals surface area contributed by atoms with Gasteiger partial charge in [-0.1, -0.05) is 19.1 Å². The number of nitrogens with one attached hydrogen (secondary N) is 1. The van der Waals surface area contributed by atoms with Gasteiger partial charge in [-0.3, -0.25) is 4.79 Å². The van der Waals surface area contributed by atoms with Gasteiger partial charge in [0.2, 0.25) is 0 Å². The van der Waals surface area contributed by atoms with E-state index in [4.69, 9.17) is 9.47 Å². The van der Waals surface area contributed by atoms with E-state index in [1.807, 2.05) is 0 Å². The van der Waals surface area contributed by atoms with Gasteiger partial charge in [-0.25, -0.2) is 4.79 Å². The Balaban J connectivity index is 2.05. The molecule has 7 heteroatoms. The second-order valence-corrected chi connectivity index (χ2v) is 6.59. The van der Waals surface area contributed by atoms with Crippen molar-refractivity contribution in [2.45, 2.75) is 13.3 Å². The Kier molecular flexibility index (Phi) is 6.78. The number of hydrogen-bond acceptors (Lipinski definition) is 4. The SMILES string of the molecule is CCC[N+]1(CC(=O)Nc2ccccc2OC(=O)N(C)C)CCOCC1. The van der Waals surface area contributed by atoms with Gasteiger partial charge in [0, 0.05) is 14.1 Å². The number of hydrogen-bond donors (Lipinski definition) is 1. The van der Waals surface area contributed by atoms with E-state index in [1.54, 1.807) is 38.4 Å². The van der Waals surface area contributed by atoms with Crippen molar-refractivity contribution in [3.63, 3.8) is 0 Å². The van der Waals surface area contributed by atoms with Crippen LogP contribution in [0, 0.1) is 0 Å². The van der Waals surface area contributed by atoms with Crippen LogP contribution in [-0.2, 0) is 9.53 Å². The van der Waals surface area contributed by atoms with Crippen LogP contribution < -0.4 is 10.1 Å². The molecular weight excluding hydrogens is 322 g/mol. The largest absolute Gasteiger partial charge is 0.414 e. The average molecular weight is 350 g/mol. The average Bonchev–Trinajstić information content (AvgIpc) is 2.57. The fraction of sp³-hybridized carbons (Fsp3) is 0.556. The van der Waals surface area contributed by atoms with E-state index in [9.17, 15) is 9.59 Å². The summed E-state index contributed by atoms with van der Waals surface area (Å²) in [6, 6.07) is 6.97. The highest BCUT2D eigenvalue weighted by atomic mass is 16.6. The molecule has 0 unspecified atom stereocenters. The first kappa shape index (κ1) is 19.2. The lowest BCUT2D eigenvalue weighted by molar-refractivity contribution is -0.927. The van der Waals surface area contributed by atoms with Crippen LogP contribution in [0.1, 0.15) is 13.3 Å². The van der Waals surface area contributed by atoms with Crippen molar-refractivity contribution >= 4 is 17.7 Å². The lowest BCUT2D eigenvalue weighted by Crippen LogP contribution is -2.58. The molecule has 7 nitrogen and oxygen atoms in total. The van der Waals surface area contributed by atoms with Crippen LogP contribution in [0.5, 0.6) is 5.75 Å². The molecule has 0 aliphatic carbocycles. The second kappa shape index (κ2) is 8.82. The maximum Gasteiger partial charge on any atom is 0.414 e. The zero-order valence-electron chi connectivity index (χ0n) is 15.3. The van der Waals surface area contributed by atoms with Crippen LogP contribution in [0.4, 0.5) is 10.5 Å². The van der Waals surface area contributed by atoms with E-state index in [0.29, 0.717) is 31.2 Å². The number of anilines is 1. The monoisotopic (exact) mass is 350 g/mol. The molecule has 1 heterocycles. The van der Waals surface area contributed by atoms with E-state index < -0.39 is 6.09 Å². The highest BCUT2D eigenvalue weighted by molar-refractivity contribution is 5.93. The minimum Gasteiger partial charge on any atom is -0.408 e. The molecule has 25 heavy (non-hydrogen) atoms. The van der Waals surface area contributed by atoms with Gasteiger partial charge in [0.1, 0.15) is 13.1 Å². The Morgan fingerprint density at radius 1 is 1.24 bits per heavy atom. The second-order valence-electron chi connectivity index (χ2n) is 6.59. The number of amides is 2. The number of carbonyl (C=O) groups excluding carboxylic acids is 2. The number of para-hydroxylation sites is 2. The molecule has 138 valence electrons. The molecule has 1 aromatic carbocycles. The number of benzene rings is 1. The van der Waals surface area contributed by atoms with Gasteiger partial charge in [-0.2, -0.15) is 0 Å². The van der Waals surface area contributed by atoms with Gasteiger partial charge >= 0.3 is 6.09 Å². The van der Waals surface area contributed by atoms with Crippen molar-refractivity contribution in [1.82, 2.24) is 4.90 Å². The molecule has 1 aromatic rings. The summed E-state index contributed by atoms with van der Waals surface area (Å²) < 4.78 is 11.5. The predicted molar refractivity (Wildman–Crippen MR) is 95.6 cm³/mol. The van der Waals surface area contributed by atoms with Crippen molar-refractivity contribution in [1.29, 1.82) is 0 Å². The van der Waals surface area contributed by atoms with E-state index in [1.165, 1.54) is 4.90 Å². The molecule has 0 atom stereocenters. The first-order chi connectivity index (χ1) is 12.0. The number of nitrogens with zero attached hydrogens (tertiary/aromatic N) is 2. The molecule has 2 amide bonds. The van der Waals surface area contributed by atoms with Crippen molar-refractivity contribution in [3.8, 4) is 5.75 Å².